The molecule has 6 heteroatoms. The number of hydrogen-bond acceptors (Lipinski definition) is 3. The van der Waals surface area contributed by atoms with Crippen LogP contribution in [0.4, 0.5) is 11.4 Å². The highest BCUT2D eigenvalue weighted by atomic mass is 35.5. The molecule has 26 heavy (non-hydrogen) atoms. The van der Waals surface area contributed by atoms with Crippen LogP contribution in [-0.2, 0) is 11.3 Å². The van der Waals surface area contributed by atoms with Crippen LogP contribution in [0.2, 0.25) is 5.02 Å². The Hall–Kier alpha value is -1.75. The molecule has 0 bridgehead atoms. The molecule has 2 heterocycles. The lowest BCUT2D eigenvalue weighted by Gasteiger charge is -2.34. The molecule has 0 saturated carbocycles. The van der Waals surface area contributed by atoms with E-state index in [1.165, 1.54) is 5.56 Å². The second-order valence-corrected chi connectivity index (χ2v) is 7.49. The van der Waals surface area contributed by atoms with Gasteiger partial charge in [-0.1, -0.05) is 29.8 Å². The first-order chi connectivity index (χ1) is 12.1. The van der Waals surface area contributed by atoms with E-state index < -0.39 is 0 Å². The van der Waals surface area contributed by atoms with Crippen LogP contribution >= 0.6 is 24.0 Å². The number of anilines is 2. The molecule has 1 unspecified atom stereocenters. The van der Waals surface area contributed by atoms with Crippen molar-refractivity contribution >= 4 is 41.3 Å². The molecule has 0 aromatic heterocycles. The van der Waals surface area contributed by atoms with Gasteiger partial charge in [0.1, 0.15) is 0 Å². The van der Waals surface area contributed by atoms with Crippen LogP contribution in [0.25, 0.3) is 0 Å². The molecule has 1 fully saturated rings. The number of rotatable bonds is 3. The molecule has 1 amide bonds. The van der Waals surface area contributed by atoms with Gasteiger partial charge < -0.3 is 11.1 Å². The Morgan fingerprint density at radius 1 is 1.15 bits per heavy atom. The summed E-state index contributed by atoms with van der Waals surface area (Å²) in [6.07, 6.45) is 2.06. The topological polar surface area (TPSA) is 58.4 Å². The van der Waals surface area contributed by atoms with Gasteiger partial charge in [0.15, 0.2) is 0 Å². The Morgan fingerprint density at radius 2 is 1.92 bits per heavy atom. The van der Waals surface area contributed by atoms with Gasteiger partial charge in [-0.3, -0.25) is 9.69 Å². The van der Waals surface area contributed by atoms with Crippen molar-refractivity contribution in [1.82, 2.24) is 4.90 Å². The first kappa shape index (κ1) is 19.0. The van der Waals surface area contributed by atoms with Crippen molar-refractivity contribution in [1.29, 1.82) is 0 Å². The number of fused-ring (bicyclic) bond motifs is 1. The minimum absolute atomic E-state index is 0. The summed E-state index contributed by atoms with van der Waals surface area (Å²) in [6.45, 7) is 2.93. The number of hydrogen-bond donors (Lipinski definition) is 2. The van der Waals surface area contributed by atoms with Crippen molar-refractivity contribution in [3.8, 4) is 0 Å². The minimum Gasteiger partial charge on any atom is -0.399 e. The highest BCUT2D eigenvalue weighted by molar-refractivity contribution is 6.31. The van der Waals surface area contributed by atoms with Crippen LogP contribution in [0.1, 0.15) is 29.9 Å². The second-order valence-electron chi connectivity index (χ2n) is 7.06. The van der Waals surface area contributed by atoms with E-state index in [0.717, 1.165) is 49.4 Å². The highest BCUT2D eigenvalue weighted by Crippen LogP contribution is 2.42. The molecule has 4 rings (SSSR count). The molecule has 2 aliphatic heterocycles. The highest BCUT2D eigenvalue weighted by Gasteiger charge is 2.38. The van der Waals surface area contributed by atoms with Gasteiger partial charge in [0.05, 0.1) is 5.92 Å². The summed E-state index contributed by atoms with van der Waals surface area (Å²) < 4.78 is 0. The lowest BCUT2D eigenvalue weighted by molar-refractivity contribution is -0.118. The van der Waals surface area contributed by atoms with E-state index in [0.29, 0.717) is 10.9 Å². The number of nitrogens with two attached hydrogens (primary N) is 1. The summed E-state index contributed by atoms with van der Waals surface area (Å²) >= 11 is 6.04. The number of benzene rings is 2. The van der Waals surface area contributed by atoms with Gasteiger partial charge in [0.25, 0.3) is 0 Å². The number of nitrogen functional groups attached to an aromatic ring is 1. The van der Waals surface area contributed by atoms with Gasteiger partial charge in [0.2, 0.25) is 5.91 Å². The van der Waals surface area contributed by atoms with Crippen molar-refractivity contribution in [3.05, 3.63) is 58.6 Å². The molecule has 0 radical (unpaired) electrons. The van der Waals surface area contributed by atoms with Crippen LogP contribution in [-0.4, -0.2) is 23.9 Å². The summed E-state index contributed by atoms with van der Waals surface area (Å²) in [7, 11) is 0. The summed E-state index contributed by atoms with van der Waals surface area (Å²) in [5.41, 5.74) is 9.90. The Labute approximate surface area is 165 Å². The molecular weight excluding hydrogens is 369 g/mol. The van der Waals surface area contributed by atoms with Gasteiger partial charge in [-0.15, -0.1) is 12.4 Å². The van der Waals surface area contributed by atoms with Crippen LogP contribution < -0.4 is 11.1 Å². The fourth-order valence-corrected chi connectivity index (χ4v) is 4.29. The fraction of sp³-hybridized carbons (Fsp3) is 0.350. The minimum atomic E-state index is -0.0400. The number of likely N-dealkylation sites (tertiary alicyclic amines) is 1. The number of nitrogens with one attached hydrogen (secondary N) is 1. The first-order valence-corrected chi connectivity index (χ1v) is 9.15. The van der Waals surface area contributed by atoms with Gasteiger partial charge in [-0.05, 0) is 67.2 Å². The van der Waals surface area contributed by atoms with Gasteiger partial charge >= 0.3 is 0 Å². The van der Waals surface area contributed by atoms with Crippen molar-refractivity contribution in [2.75, 3.05) is 24.1 Å². The number of halogens is 2. The number of carbonyl (C=O) groups is 1. The third-order valence-corrected chi connectivity index (χ3v) is 5.59. The predicted octanol–water partition coefficient (Wildman–Crippen LogP) is 4.29. The number of nitrogens with zero attached hydrogens (tertiary/aromatic N) is 1. The molecule has 4 nitrogen and oxygen atoms in total. The molecule has 2 aromatic rings. The number of amides is 1. The van der Waals surface area contributed by atoms with E-state index in [1.54, 1.807) is 0 Å². The molecule has 0 spiro atoms. The standard InChI is InChI=1S/C20H22ClN3O.ClH/c21-15-4-5-17-18(11-15)23-20(25)19(17)14-6-8-24(9-7-14)12-13-2-1-3-16(22)10-13;/h1-5,10-11,14,19H,6-9,12,22H2,(H,23,25);1H. The van der Waals surface area contributed by atoms with Gasteiger partial charge in [-0.2, -0.15) is 0 Å². The largest absolute Gasteiger partial charge is 0.399 e. The van der Waals surface area contributed by atoms with E-state index in [4.69, 9.17) is 17.3 Å². The van der Waals surface area contributed by atoms with E-state index in [9.17, 15) is 4.79 Å². The third kappa shape index (κ3) is 3.83. The SMILES string of the molecule is Cl.Nc1cccc(CN2CCC(C3C(=O)Nc4cc(Cl)ccc43)CC2)c1. The average molecular weight is 392 g/mol. The van der Waals surface area contributed by atoms with Crippen LogP contribution in [0.3, 0.4) is 0 Å². The van der Waals surface area contributed by atoms with E-state index in [2.05, 4.69) is 16.3 Å². The maximum Gasteiger partial charge on any atom is 0.232 e. The molecule has 2 aromatic carbocycles. The van der Waals surface area contributed by atoms with Crippen LogP contribution in [0, 0.1) is 5.92 Å². The zero-order chi connectivity index (χ0) is 17.4. The Balaban J connectivity index is 0.00000196. The fourth-order valence-electron chi connectivity index (χ4n) is 4.12. The molecular formula is C20H23Cl2N3O. The van der Waals surface area contributed by atoms with Crippen LogP contribution in [0.15, 0.2) is 42.5 Å². The van der Waals surface area contributed by atoms with Gasteiger partial charge in [-0.25, -0.2) is 0 Å². The molecule has 2 aliphatic rings. The monoisotopic (exact) mass is 391 g/mol. The maximum absolute atomic E-state index is 12.5. The zero-order valence-electron chi connectivity index (χ0n) is 14.5. The Kier molecular flexibility index (Phi) is 5.76. The molecule has 3 N–H and O–H groups in total. The summed E-state index contributed by atoms with van der Waals surface area (Å²) in [6, 6.07) is 13.8. The maximum atomic E-state index is 12.5. The lowest BCUT2D eigenvalue weighted by Crippen LogP contribution is -2.36. The Morgan fingerprint density at radius 3 is 2.65 bits per heavy atom. The van der Waals surface area contributed by atoms with Gasteiger partial charge in [0, 0.05) is 22.9 Å². The number of piperidine rings is 1. The summed E-state index contributed by atoms with van der Waals surface area (Å²) in [5, 5.41) is 3.66. The van der Waals surface area contributed by atoms with Crippen LogP contribution in [0.5, 0.6) is 0 Å². The first-order valence-electron chi connectivity index (χ1n) is 8.77. The smallest absolute Gasteiger partial charge is 0.232 e. The Bertz CT molecular complexity index is 803. The van der Waals surface area contributed by atoms with E-state index >= 15 is 0 Å². The molecule has 1 saturated heterocycles. The molecule has 0 aliphatic carbocycles. The zero-order valence-corrected chi connectivity index (χ0v) is 16.0. The molecule has 1 atom stereocenters. The van der Waals surface area contributed by atoms with Crippen molar-refractivity contribution in [3.63, 3.8) is 0 Å². The normalized spacial score (nSPS) is 20.3. The van der Waals surface area contributed by atoms with E-state index in [1.807, 2.05) is 36.4 Å². The van der Waals surface area contributed by atoms with E-state index in [-0.39, 0.29) is 24.2 Å². The van der Waals surface area contributed by atoms with Crippen molar-refractivity contribution < 1.29 is 4.79 Å². The third-order valence-electron chi connectivity index (χ3n) is 5.35. The number of carbonyl (C=O) groups excluding carboxylic acids is 1. The van der Waals surface area contributed by atoms with Crippen molar-refractivity contribution in [2.45, 2.75) is 25.3 Å². The summed E-state index contributed by atoms with van der Waals surface area (Å²) in [5.74, 6) is 0.466. The van der Waals surface area contributed by atoms with Crippen molar-refractivity contribution in [2.24, 2.45) is 5.92 Å². The summed E-state index contributed by atoms with van der Waals surface area (Å²) in [4.78, 5) is 14.9. The molecule has 138 valence electrons. The lowest BCUT2D eigenvalue weighted by atomic mass is 9.80. The second kappa shape index (κ2) is 7.87. The quantitative estimate of drug-likeness (QED) is 0.767. The predicted molar refractivity (Wildman–Crippen MR) is 109 cm³/mol. The average Bonchev–Trinajstić information content (AvgIpc) is 2.90.